The maximum Gasteiger partial charge on any atom is 0.253 e. The van der Waals surface area contributed by atoms with Crippen molar-refractivity contribution >= 4 is 11.6 Å². The molecule has 1 saturated heterocycles. The number of rotatable bonds is 3. The number of anilines is 1. The van der Waals surface area contributed by atoms with Crippen LogP contribution in [0.5, 0.6) is 0 Å². The lowest BCUT2D eigenvalue weighted by Gasteiger charge is -2.30. The van der Waals surface area contributed by atoms with E-state index >= 15 is 0 Å². The van der Waals surface area contributed by atoms with Gasteiger partial charge in [-0.2, -0.15) is 0 Å². The molecule has 1 aliphatic rings. The topological polar surface area (TPSA) is 67.6 Å². The van der Waals surface area contributed by atoms with Gasteiger partial charge in [0, 0.05) is 19.6 Å². The standard InChI is InChI=1S/C13H18FN3O2/c1-17-5-6-19-9(8-17)7-16-13(18)10-3-2-4-11(14)12(10)15/h2-4,9H,5-8,15H2,1H3,(H,16,18). The van der Waals surface area contributed by atoms with Crippen LogP contribution in [0.1, 0.15) is 10.4 Å². The van der Waals surface area contributed by atoms with Gasteiger partial charge in [-0.3, -0.25) is 4.79 Å². The van der Waals surface area contributed by atoms with Crippen LogP contribution in [0.3, 0.4) is 0 Å². The highest BCUT2D eigenvalue weighted by atomic mass is 19.1. The van der Waals surface area contributed by atoms with Crippen LogP contribution >= 0.6 is 0 Å². The van der Waals surface area contributed by atoms with Crippen molar-refractivity contribution in [2.75, 3.05) is 39.0 Å². The zero-order chi connectivity index (χ0) is 13.8. The Bertz CT molecular complexity index is 467. The molecule has 0 radical (unpaired) electrons. The van der Waals surface area contributed by atoms with E-state index in [0.717, 1.165) is 13.1 Å². The number of amides is 1. The van der Waals surface area contributed by atoms with Crippen molar-refractivity contribution in [3.63, 3.8) is 0 Å². The quantitative estimate of drug-likeness (QED) is 0.781. The molecule has 0 saturated carbocycles. The van der Waals surface area contributed by atoms with Gasteiger partial charge in [0.25, 0.3) is 5.91 Å². The molecular formula is C13H18FN3O2. The third-order valence-electron chi connectivity index (χ3n) is 3.13. The van der Waals surface area contributed by atoms with Crippen LogP contribution in [0.4, 0.5) is 10.1 Å². The zero-order valence-electron chi connectivity index (χ0n) is 10.9. The molecule has 19 heavy (non-hydrogen) atoms. The molecule has 1 aliphatic heterocycles. The van der Waals surface area contributed by atoms with E-state index in [-0.39, 0.29) is 23.3 Å². The van der Waals surface area contributed by atoms with Crippen LogP contribution in [0.2, 0.25) is 0 Å². The van der Waals surface area contributed by atoms with Crippen LogP contribution in [-0.2, 0) is 4.74 Å². The molecule has 3 N–H and O–H groups in total. The van der Waals surface area contributed by atoms with Gasteiger partial charge in [-0.15, -0.1) is 0 Å². The lowest BCUT2D eigenvalue weighted by molar-refractivity contribution is -0.0174. The van der Waals surface area contributed by atoms with Crippen LogP contribution in [0, 0.1) is 5.82 Å². The number of ether oxygens (including phenoxy) is 1. The lowest BCUT2D eigenvalue weighted by atomic mass is 10.1. The number of para-hydroxylation sites is 1. The highest BCUT2D eigenvalue weighted by Gasteiger charge is 2.19. The van der Waals surface area contributed by atoms with Gasteiger partial charge < -0.3 is 20.7 Å². The number of halogens is 1. The minimum Gasteiger partial charge on any atom is -0.396 e. The number of benzene rings is 1. The first kappa shape index (κ1) is 13.8. The highest BCUT2D eigenvalue weighted by Crippen LogP contribution is 2.15. The molecule has 1 unspecified atom stereocenters. The predicted octanol–water partition coefficient (Wildman–Crippen LogP) is 0.468. The van der Waals surface area contributed by atoms with E-state index in [9.17, 15) is 9.18 Å². The number of nitrogen functional groups attached to an aromatic ring is 1. The van der Waals surface area contributed by atoms with E-state index in [1.807, 2.05) is 7.05 Å². The Morgan fingerprint density at radius 2 is 2.42 bits per heavy atom. The molecule has 1 atom stereocenters. The fourth-order valence-electron chi connectivity index (χ4n) is 2.03. The Hall–Kier alpha value is -1.66. The summed E-state index contributed by atoms with van der Waals surface area (Å²) < 4.78 is 18.8. The van der Waals surface area contributed by atoms with Gasteiger partial charge in [-0.25, -0.2) is 4.39 Å². The van der Waals surface area contributed by atoms with Crippen molar-refractivity contribution in [2.45, 2.75) is 6.10 Å². The monoisotopic (exact) mass is 267 g/mol. The number of nitrogens with zero attached hydrogens (tertiary/aromatic N) is 1. The molecular weight excluding hydrogens is 249 g/mol. The van der Waals surface area contributed by atoms with Gasteiger partial charge in [0.15, 0.2) is 0 Å². The van der Waals surface area contributed by atoms with Crippen molar-refractivity contribution in [2.24, 2.45) is 0 Å². The minimum absolute atomic E-state index is 0.0440. The number of morpholine rings is 1. The first-order chi connectivity index (χ1) is 9.08. The first-order valence-corrected chi connectivity index (χ1v) is 6.20. The van der Waals surface area contributed by atoms with Crippen LogP contribution in [-0.4, -0.2) is 50.2 Å². The van der Waals surface area contributed by atoms with Crippen LogP contribution in [0.15, 0.2) is 18.2 Å². The molecule has 1 fully saturated rings. The summed E-state index contributed by atoms with van der Waals surface area (Å²) in [4.78, 5) is 14.1. The van der Waals surface area contributed by atoms with Gasteiger partial charge in [0.1, 0.15) is 5.82 Å². The molecule has 0 aromatic heterocycles. The Balaban J connectivity index is 1.92. The number of nitrogens with two attached hydrogens (primary N) is 1. The smallest absolute Gasteiger partial charge is 0.253 e. The maximum atomic E-state index is 13.2. The number of hydrogen-bond donors (Lipinski definition) is 2. The van der Waals surface area contributed by atoms with Gasteiger partial charge in [0.05, 0.1) is 24.0 Å². The van der Waals surface area contributed by atoms with E-state index in [2.05, 4.69) is 10.2 Å². The number of hydrogen-bond acceptors (Lipinski definition) is 4. The van der Waals surface area contributed by atoms with Crippen molar-refractivity contribution in [1.82, 2.24) is 10.2 Å². The van der Waals surface area contributed by atoms with Gasteiger partial charge in [-0.05, 0) is 19.2 Å². The predicted molar refractivity (Wildman–Crippen MR) is 70.4 cm³/mol. The average Bonchev–Trinajstić information content (AvgIpc) is 2.39. The summed E-state index contributed by atoms with van der Waals surface area (Å²) in [5.41, 5.74) is 5.57. The molecule has 1 aromatic carbocycles. The fourth-order valence-corrected chi connectivity index (χ4v) is 2.03. The summed E-state index contributed by atoms with van der Waals surface area (Å²) in [6.45, 7) is 2.69. The normalized spacial score (nSPS) is 20.2. The van der Waals surface area contributed by atoms with Gasteiger partial charge in [0.2, 0.25) is 0 Å². The molecule has 1 amide bonds. The van der Waals surface area contributed by atoms with Crippen molar-refractivity contribution in [1.29, 1.82) is 0 Å². The molecule has 104 valence electrons. The Morgan fingerprint density at radius 1 is 1.63 bits per heavy atom. The van der Waals surface area contributed by atoms with E-state index in [1.165, 1.54) is 18.2 Å². The average molecular weight is 267 g/mol. The fraction of sp³-hybridized carbons (Fsp3) is 0.462. The maximum absolute atomic E-state index is 13.2. The zero-order valence-corrected chi connectivity index (χ0v) is 10.9. The number of carbonyl (C=O) groups is 1. The second-order valence-electron chi connectivity index (χ2n) is 4.67. The SMILES string of the molecule is CN1CCOC(CNC(=O)c2cccc(F)c2N)C1. The molecule has 0 spiro atoms. The van der Waals surface area contributed by atoms with Crippen LogP contribution < -0.4 is 11.1 Å². The molecule has 6 heteroatoms. The highest BCUT2D eigenvalue weighted by molar-refractivity contribution is 5.99. The Labute approximate surface area is 111 Å². The molecule has 0 aliphatic carbocycles. The van der Waals surface area contributed by atoms with E-state index < -0.39 is 5.82 Å². The molecule has 1 aromatic rings. The first-order valence-electron chi connectivity index (χ1n) is 6.20. The molecule has 2 rings (SSSR count). The van der Waals surface area contributed by atoms with Crippen molar-refractivity contribution in [3.05, 3.63) is 29.6 Å². The third-order valence-corrected chi connectivity index (χ3v) is 3.13. The van der Waals surface area contributed by atoms with Gasteiger partial charge in [-0.1, -0.05) is 6.07 Å². The molecule has 5 nitrogen and oxygen atoms in total. The van der Waals surface area contributed by atoms with Crippen LogP contribution in [0.25, 0.3) is 0 Å². The largest absolute Gasteiger partial charge is 0.396 e. The minimum atomic E-state index is -0.582. The number of likely N-dealkylation sites (N-methyl/N-ethyl adjacent to an activating group) is 1. The summed E-state index contributed by atoms with van der Waals surface area (Å²) in [5, 5.41) is 2.72. The number of carbonyl (C=O) groups excluding carboxylic acids is 1. The number of nitrogens with one attached hydrogen (secondary N) is 1. The second kappa shape index (κ2) is 5.99. The Morgan fingerprint density at radius 3 is 3.16 bits per heavy atom. The van der Waals surface area contributed by atoms with E-state index in [4.69, 9.17) is 10.5 Å². The molecule has 1 heterocycles. The van der Waals surface area contributed by atoms with E-state index in [0.29, 0.717) is 13.2 Å². The summed E-state index contributed by atoms with van der Waals surface area (Å²) in [7, 11) is 2.00. The summed E-state index contributed by atoms with van der Waals surface area (Å²) >= 11 is 0. The summed E-state index contributed by atoms with van der Waals surface area (Å²) in [5.74, 6) is -0.963. The van der Waals surface area contributed by atoms with E-state index in [1.54, 1.807) is 0 Å². The molecule has 0 bridgehead atoms. The lowest BCUT2D eigenvalue weighted by Crippen LogP contribution is -2.46. The summed E-state index contributed by atoms with van der Waals surface area (Å²) in [6.07, 6.45) is -0.0440. The van der Waals surface area contributed by atoms with Crippen molar-refractivity contribution < 1.29 is 13.9 Å². The second-order valence-corrected chi connectivity index (χ2v) is 4.67. The van der Waals surface area contributed by atoms with Gasteiger partial charge >= 0.3 is 0 Å². The summed E-state index contributed by atoms with van der Waals surface area (Å²) in [6, 6.07) is 4.19. The third kappa shape index (κ3) is 3.42. The van der Waals surface area contributed by atoms with Crippen molar-refractivity contribution in [3.8, 4) is 0 Å². The Kier molecular flexibility index (Phi) is 4.34.